The number of nitro groups is 1. The van der Waals surface area contributed by atoms with E-state index < -0.39 is 16.6 Å². The first-order valence-electron chi connectivity index (χ1n) is 5.46. The molecule has 0 amide bonds. The number of rotatable bonds is 3. The second kappa shape index (κ2) is 4.26. The molecule has 0 saturated heterocycles. The fourth-order valence-electron chi connectivity index (χ4n) is 1.80. The lowest BCUT2D eigenvalue weighted by Gasteiger charge is -2.23. The van der Waals surface area contributed by atoms with Crippen LogP contribution in [-0.2, 0) is 0 Å². The summed E-state index contributed by atoms with van der Waals surface area (Å²) in [5.74, 6) is 0. The molecule has 0 aromatic heterocycles. The highest BCUT2D eigenvalue weighted by Gasteiger charge is 2.63. The fraction of sp³-hybridized carbons (Fsp3) is 0.455. The molecule has 1 fully saturated rings. The Morgan fingerprint density at radius 1 is 1.42 bits per heavy atom. The van der Waals surface area contributed by atoms with Crippen molar-refractivity contribution in [3.8, 4) is 0 Å². The Morgan fingerprint density at radius 3 is 2.42 bits per heavy atom. The lowest BCUT2D eigenvalue weighted by molar-refractivity contribution is -0.384. The number of hydrogen-bond acceptors (Lipinski definition) is 3. The number of hydrogen-bond donors (Lipinski definition) is 1. The van der Waals surface area contributed by atoms with Gasteiger partial charge in [0.25, 0.3) is 5.69 Å². The zero-order valence-corrected chi connectivity index (χ0v) is 10.6. The predicted octanol–water partition coefficient (Wildman–Crippen LogP) is 4.06. The second-order valence-electron chi connectivity index (χ2n) is 4.58. The third-order valence-electron chi connectivity index (χ3n) is 3.16. The molecular formula is C11H10ClF3N2O2. The minimum atomic E-state index is -4.35. The number of aryl methyl sites for hydroxylation is 1. The number of benzene rings is 1. The minimum Gasteiger partial charge on any atom is -0.371 e. The molecule has 1 aromatic carbocycles. The molecule has 0 heterocycles. The van der Waals surface area contributed by atoms with E-state index in [-0.39, 0.29) is 29.2 Å². The molecule has 2 rings (SSSR count). The van der Waals surface area contributed by atoms with Crippen LogP contribution in [0.4, 0.5) is 24.5 Å². The van der Waals surface area contributed by atoms with Gasteiger partial charge in [-0.3, -0.25) is 10.1 Å². The van der Waals surface area contributed by atoms with E-state index in [2.05, 4.69) is 5.32 Å². The maximum absolute atomic E-state index is 12.8. The van der Waals surface area contributed by atoms with E-state index >= 15 is 0 Å². The molecule has 0 bridgehead atoms. The molecule has 1 aromatic rings. The van der Waals surface area contributed by atoms with E-state index in [0.717, 1.165) is 6.07 Å². The van der Waals surface area contributed by atoms with Gasteiger partial charge in [-0.2, -0.15) is 13.2 Å². The van der Waals surface area contributed by atoms with Gasteiger partial charge in [-0.05, 0) is 31.4 Å². The van der Waals surface area contributed by atoms with E-state index in [1.165, 1.54) is 13.0 Å². The summed E-state index contributed by atoms with van der Waals surface area (Å²) in [4.78, 5) is 9.99. The Bertz CT molecular complexity index is 541. The summed E-state index contributed by atoms with van der Waals surface area (Å²) < 4.78 is 38.5. The number of alkyl halides is 3. The summed E-state index contributed by atoms with van der Waals surface area (Å²) in [6.45, 7) is 1.50. The van der Waals surface area contributed by atoms with Crippen molar-refractivity contribution in [1.29, 1.82) is 0 Å². The number of nitrogens with zero attached hydrogens (tertiary/aromatic N) is 1. The summed E-state index contributed by atoms with van der Waals surface area (Å²) in [5, 5.41) is 12.9. The van der Waals surface area contributed by atoms with Gasteiger partial charge in [0.1, 0.15) is 10.6 Å². The monoisotopic (exact) mass is 294 g/mol. The third-order valence-corrected chi connectivity index (χ3v) is 3.46. The van der Waals surface area contributed by atoms with Crippen LogP contribution in [0.25, 0.3) is 0 Å². The smallest absolute Gasteiger partial charge is 0.371 e. The van der Waals surface area contributed by atoms with Crippen LogP contribution >= 0.6 is 11.6 Å². The van der Waals surface area contributed by atoms with Crippen molar-refractivity contribution in [1.82, 2.24) is 0 Å². The largest absolute Gasteiger partial charge is 0.411 e. The average molecular weight is 295 g/mol. The quantitative estimate of drug-likeness (QED) is 0.675. The van der Waals surface area contributed by atoms with Crippen LogP contribution < -0.4 is 5.32 Å². The number of nitrogens with one attached hydrogen (secondary N) is 1. The van der Waals surface area contributed by atoms with Gasteiger partial charge in [-0.15, -0.1) is 0 Å². The summed E-state index contributed by atoms with van der Waals surface area (Å²) in [6, 6.07) is 2.33. The summed E-state index contributed by atoms with van der Waals surface area (Å²) in [6.07, 6.45) is -4.37. The van der Waals surface area contributed by atoms with Crippen molar-refractivity contribution in [2.24, 2.45) is 0 Å². The average Bonchev–Trinajstić information content (AvgIpc) is 3.02. The van der Waals surface area contributed by atoms with Crippen molar-refractivity contribution in [2.75, 3.05) is 5.32 Å². The zero-order chi connectivity index (χ0) is 14.4. The second-order valence-corrected chi connectivity index (χ2v) is 4.99. The Hall–Kier alpha value is -1.50. The molecule has 0 aliphatic heterocycles. The predicted molar refractivity (Wildman–Crippen MR) is 64.5 cm³/mol. The Morgan fingerprint density at radius 2 is 2.00 bits per heavy atom. The van der Waals surface area contributed by atoms with Crippen molar-refractivity contribution >= 4 is 23.0 Å². The maximum Gasteiger partial charge on any atom is 0.411 e. The van der Waals surface area contributed by atoms with Crippen LogP contribution in [0.2, 0.25) is 5.02 Å². The van der Waals surface area contributed by atoms with Gasteiger partial charge in [0.2, 0.25) is 0 Å². The first-order chi connectivity index (χ1) is 8.66. The Labute approximate surface area is 111 Å². The minimum absolute atomic E-state index is 0.00938. The van der Waals surface area contributed by atoms with Gasteiger partial charge < -0.3 is 5.32 Å². The zero-order valence-electron chi connectivity index (χ0n) is 9.84. The molecular weight excluding hydrogens is 285 g/mol. The summed E-state index contributed by atoms with van der Waals surface area (Å²) in [5.41, 5.74) is -1.71. The first-order valence-corrected chi connectivity index (χ1v) is 5.83. The van der Waals surface area contributed by atoms with Crippen molar-refractivity contribution in [3.05, 3.63) is 32.8 Å². The van der Waals surface area contributed by atoms with Gasteiger partial charge in [0, 0.05) is 11.8 Å². The molecule has 0 spiro atoms. The fourth-order valence-corrected chi connectivity index (χ4v) is 2.04. The van der Waals surface area contributed by atoms with Gasteiger partial charge in [-0.1, -0.05) is 11.6 Å². The molecule has 1 aliphatic carbocycles. The van der Waals surface area contributed by atoms with Crippen LogP contribution in [-0.4, -0.2) is 16.6 Å². The Kier molecular flexibility index (Phi) is 3.12. The summed E-state index contributed by atoms with van der Waals surface area (Å²) >= 11 is 5.70. The number of halogens is 4. The summed E-state index contributed by atoms with van der Waals surface area (Å²) in [7, 11) is 0. The van der Waals surface area contributed by atoms with Crippen LogP contribution in [0.15, 0.2) is 12.1 Å². The lowest BCUT2D eigenvalue weighted by atomic mass is 10.1. The molecule has 1 N–H and O–H groups in total. The molecule has 0 atom stereocenters. The van der Waals surface area contributed by atoms with Gasteiger partial charge >= 0.3 is 6.18 Å². The highest BCUT2D eigenvalue weighted by atomic mass is 35.5. The molecule has 1 aliphatic rings. The van der Waals surface area contributed by atoms with E-state index in [1.54, 1.807) is 0 Å². The van der Waals surface area contributed by atoms with E-state index in [4.69, 9.17) is 11.6 Å². The SMILES string of the molecule is Cc1cc([N+](=O)[O-])c(Cl)cc1NC1(C(F)(F)F)CC1. The molecule has 0 radical (unpaired) electrons. The van der Waals surface area contributed by atoms with Gasteiger partial charge in [0.15, 0.2) is 0 Å². The van der Waals surface area contributed by atoms with E-state index in [9.17, 15) is 23.3 Å². The van der Waals surface area contributed by atoms with Gasteiger partial charge in [-0.25, -0.2) is 0 Å². The van der Waals surface area contributed by atoms with Crippen LogP contribution in [0.1, 0.15) is 18.4 Å². The number of nitro benzene ring substituents is 1. The molecule has 8 heteroatoms. The maximum atomic E-state index is 12.8. The Balaban J connectivity index is 2.33. The first kappa shape index (κ1) is 13.9. The molecule has 104 valence electrons. The normalized spacial score (nSPS) is 17.1. The van der Waals surface area contributed by atoms with E-state index in [1.807, 2.05) is 0 Å². The van der Waals surface area contributed by atoms with Crippen LogP contribution in [0, 0.1) is 17.0 Å². The molecule has 0 unspecified atom stereocenters. The van der Waals surface area contributed by atoms with Gasteiger partial charge in [0.05, 0.1) is 4.92 Å². The van der Waals surface area contributed by atoms with Crippen molar-refractivity contribution in [3.63, 3.8) is 0 Å². The molecule has 19 heavy (non-hydrogen) atoms. The van der Waals surface area contributed by atoms with Crippen molar-refractivity contribution < 1.29 is 18.1 Å². The lowest BCUT2D eigenvalue weighted by Crippen LogP contribution is -2.38. The standard InChI is InChI=1S/C11H10ClF3N2O2/c1-6-4-9(17(18)19)7(12)5-8(6)16-10(2-3-10)11(13,14)15/h4-5,16H,2-3H2,1H3. The highest BCUT2D eigenvalue weighted by Crippen LogP contribution is 2.51. The third kappa shape index (κ3) is 2.47. The highest BCUT2D eigenvalue weighted by molar-refractivity contribution is 6.33. The van der Waals surface area contributed by atoms with Crippen molar-refractivity contribution in [2.45, 2.75) is 31.5 Å². The number of anilines is 1. The molecule has 1 saturated carbocycles. The molecule has 4 nitrogen and oxygen atoms in total. The topological polar surface area (TPSA) is 55.2 Å². The van der Waals surface area contributed by atoms with Crippen LogP contribution in [0.5, 0.6) is 0 Å². The van der Waals surface area contributed by atoms with E-state index in [0.29, 0.717) is 5.56 Å². The van der Waals surface area contributed by atoms with Crippen LogP contribution in [0.3, 0.4) is 0 Å².